The molecule has 1 amide bonds. The Morgan fingerprint density at radius 1 is 1.10 bits per heavy atom. The highest BCUT2D eigenvalue weighted by Crippen LogP contribution is 2.36. The molecule has 1 atom stereocenters. The summed E-state index contributed by atoms with van der Waals surface area (Å²) in [4.78, 5) is 10.7. The van der Waals surface area contributed by atoms with Gasteiger partial charge in [-0.15, -0.1) is 0 Å². The molecule has 0 aliphatic heterocycles. The number of rotatable bonds is 3. The Morgan fingerprint density at radius 2 is 1.90 bits per heavy atom. The lowest BCUT2D eigenvalue weighted by molar-refractivity contribution is -0.109. The first kappa shape index (κ1) is 13.2. The Labute approximate surface area is 123 Å². The molecule has 0 saturated carbocycles. The smallest absolute Gasteiger partial charge is 0.207 e. The third kappa shape index (κ3) is 2.32. The van der Waals surface area contributed by atoms with Crippen molar-refractivity contribution in [1.29, 1.82) is 0 Å². The minimum absolute atomic E-state index is 0.174. The number of halogens is 1. The van der Waals surface area contributed by atoms with Gasteiger partial charge in [-0.2, -0.15) is 0 Å². The zero-order chi connectivity index (χ0) is 13.9. The lowest BCUT2D eigenvalue weighted by atomic mass is 9.88. The summed E-state index contributed by atoms with van der Waals surface area (Å²) in [7, 11) is 0. The maximum Gasteiger partial charge on any atom is 0.207 e. The number of aryl methyl sites for hydroxylation is 1. The van der Waals surface area contributed by atoms with E-state index < -0.39 is 0 Å². The van der Waals surface area contributed by atoms with Crippen LogP contribution in [-0.4, -0.2) is 13.0 Å². The Hall–Kier alpha value is -1.80. The van der Waals surface area contributed by atoms with Crippen LogP contribution < -0.4 is 5.32 Å². The first-order valence-corrected chi connectivity index (χ1v) is 7.21. The van der Waals surface area contributed by atoms with E-state index in [1.165, 1.54) is 22.3 Å². The predicted octanol–water partition coefficient (Wildman–Crippen LogP) is 3.32. The SMILES string of the molecule is O=CNC[C@@H]1c2ccccc2CCc2c(Cl)cccc21. The van der Waals surface area contributed by atoms with E-state index in [-0.39, 0.29) is 5.92 Å². The lowest BCUT2D eigenvalue weighted by Gasteiger charge is -2.20. The second-order valence-corrected chi connectivity index (χ2v) is 5.49. The standard InChI is InChI=1S/C17H16ClNO/c18-17-7-3-6-14-15(17)9-8-12-4-1-2-5-13(12)16(14)10-19-11-20/h1-7,11,16H,8-10H2,(H,19,20)/t16-/m1/s1. The van der Waals surface area contributed by atoms with Crippen LogP contribution in [0.15, 0.2) is 42.5 Å². The van der Waals surface area contributed by atoms with E-state index in [1.807, 2.05) is 12.1 Å². The van der Waals surface area contributed by atoms with Gasteiger partial charge in [0.25, 0.3) is 0 Å². The van der Waals surface area contributed by atoms with E-state index in [4.69, 9.17) is 11.6 Å². The highest BCUT2D eigenvalue weighted by molar-refractivity contribution is 6.31. The molecule has 1 aliphatic rings. The summed E-state index contributed by atoms with van der Waals surface area (Å²) in [6.45, 7) is 0.605. The number of hydrogen-bond acceptors (Lipinski definition) is 1. The Morgan fingerprint density at radius 3 is 2.75 bits per heavy atom. The van der Waals surface area contributed by atoms with Crippen molar-refractivity contribution in [3.05, 3.63) is 69.7 Å². The van der Waals surface area contributed by atoms with Crippen molar-refractivity contribution >= 4 is 18.0 Å². The molecule has 2 aromatic carbocycles. The van der Waals surface area contributed by atoms with Crippen LogP contribution in [0, 0.1) is 0 Å². The summed E-state index contributed by atoms with van der Waals surface area (Å²) in [5.41, 5.74) is 5.08. The Bertz CT molecular complexity index is 639. The number of fused-ring (bicyclic) bond motifs is 2. The average Bonchev–Trinajstić information content (AvgIpc) is 2.63. The molecule has 0 aromatic heterocycles. The van der Waals surface area contributed by atoms with Gasteiger partial charge in [-0.25, -0.2) is 0 Å². The minimum atomic E-state index is 0.174. The summed E-state index contributed by atoms with van der Waals surface area (Å²) in [6, 6.07) is 14.5. The van der Waals surface area contributed by atoms with E-state index in [9.17, 15) is 4.79 Å². The quantitative estimate of drug-likeness (QED) is 0.861. The topological polar surface area (TPSA) is 29.1 Å². The number of amides is 1. The predicted molar refractivity (Wildman–Crippen MR) is 81.2 cm³/mol. The van der Waals surface area contributed by atoms with E-state index in [2.05, 4.69) is 35.6 Å². The van der Waals surface area contributed by atoms with Gasteiger partial charge in [-0.1, -0.05) is 48.0 Å². The van der Waals surface area contributed by atoms with Gasteiger partial charge in [0.2, 0.25) is 6.41 Å². The molecule has 0 saturated heterocycles. The fourth-order valence-electron chi connectivity index (χ4n) is 3.08. The van der Waals surface area contributed by atoms with Crippen LogP contribution in [0.3, 0.4) is 0 Å². The van der Waals surface area contributed by atoms with Crippen molar-refractivity contribution in [3.63, 3.8) is 0 Å². The van der Waals surface area contributed by atoms with Gasteiger partial charge >= 0.3 is 0 Å². The molecular weight excluding hydrogens is 270 g/mol. The highest BCUT2D eigenvalue weighted by Gasteiger charge is 2.24. The molecule has 1 N–H and O–H groups in total. The lowest BCUT2D eigenvalue weighted by Crippen LogP contribution is -2.21. The van der Waals surface area contributed by atoms with E-state index in [1.54, 1.807) is 0 Å². The van der Waals surface area contributed by atoms with Gasteiger partial charge in [0, 0.05) is 17.5 Å². The van der Waals surface area contributed by atoms with Crippen LogP contribution in [0.5, 0.6) is 0 Å². The second-order valence-electron chi connectivity index (χ2n) is 5.09. The molecule has 0 bridgehead atoms. The highest BCUT2D eigenvalue weighted by atomic mass is 35.5. The van der Waals surface area contributed by atoms with Gasteiger partial charge in [-0.05, 0) is 41.2 Å². The molecule has 0 spiro atoms. The summed E-state index contributed by atoms with van der Waals surface area (Å²) >= 11 is 6.37. The van der Waals surface area contributed by atoms with Crippen LogP contribution in [0.2, 0.25) is 5.02 Å². The molecule has 20 heavy (non-hydrogen) atoms. The molecule has 0 radical (unpaired) electrons. The molecule has 3 heteroatoms. The monoisotopic (exact) mass is 285 g/mol. The zero-order valence-electron chi connectivity index (χ0n) is 11.1. The Balaban J connectivity index is 2.14. The van der Waals surface area contributed by atoms with Crippen LogP contribution in [0.1, 0.15) is 28.2 Å². The summed E-state index contributed by atoms with van der Waals surface area (Å²) in [6.07, 6.45) is 2.70. The molecule has 2 aromatic rings. The third-order valence-electron chi connectivity index (χ3n) is 4.01. The minimum Gasteiger partial charge on any atom is -0.358 e. The number of nitrogens with one attached hydrogen (secondary N) is 1. The normalized spacial score (nSPS) is 16.8. The molecule has 2 nitrogen and oxygen atoms in total. The van der Waals surface area contributed by atoms with E-state index >= 15 is 0 Å². The van der Waals surface area contributed by atoms with E-state index in [0.717, 1.165) is 24.3 Å². The van der Waals surface area contributed by atoms with Gasteiger partial charge < -0.3 is 5.32 Å². The zero-order valence-corrected chi connectivity index (χ0v) is 11.9. The first-order valence-electron chi connectivity index (χ1n) is 6.83. The molecule has 0 fully saturated rings. The molecule has 0 heterocycles. The molecule has 1 aliphatic carbocycles. The van der Waals surface area contributed by atoms with Crippen LogP contribution in [0.25, 0.3) is 0 Å². The third-order valence-corrected chi connectivity index (χ3v) is 4.36. The number of hydrogen-bond donors (Lipinski definition) is 1. The van der Waals surface area contributed by atoms with Gasteiger partial charge in [-0.3, -0.25) is 4.79 Å². The van der Waals surface area contributed by atoms with Gasteiger partial charge in [0.1, 0.15) is 0 Å². The van der Waals surface area contributed by atoms with Crippen molar-refractivity contribution in [2.75, 3.05) is 6.54 Å². The van der Waals surface area contributed by atoms with Crippen LogP contribution >= 0.6 is 11.6 Å². The van der Waals surface area contributed by atoms with Crippen molar-refractivity contribution in [3.8, 4) is 0 Å². The molecular formula is C17H16ClNO. The first-order chi connectivity index (χ1) is 9.81. The largest absolute Gasteiger partial charge is 0.358 e. The molecule has 102 valence electrons. The summed E-state index contributed by atoms with van der Waals surface area (Å²) in [5.74, 6) is 0.174. The number of benzene rings is 2. The van der Waals surface area contributed by atoms with Gasteiger partial charge in [0.05, 0.1) is 0 Å². The Kier molecular flexibility index (Phi) is 3.75. The van der Waals surface area contributed by atoms with Crippen molar-refractivity contribution in [2.24, 2.45) is 0 Å². The van der Waals surface area contributed by atoms with Crippen molar-refractivity contribution in [2.45, 2.75) is 18.8 Å². The summed E-state index contributed by atoms with van der Waals surface area (Å²) in [5, 5.41) is 3.65. The fraction of sp³-hybridized carbons (Fsp3) is 0.235. The van der Waals surface area contributed by atoms with Crippen LogP contribution in [0.4, 0.5) is 0 Å². The van der Waals surface area contributed by atoms with E-state index in [0.29, 0.717) is 6.54 Å². The summed E-state index contributed by atoms with van der Waals surface area (Å²) < 4.78 is 0. The second kappa shape index (κ2) is 5.68. The maximum absolute atomic E-state index is 10.7. The molecule has 3 rings (SSSR count). The maximum atomic E-state index is 10.7. The fourth-order valence-corrected chi connectivity index (χ4v) is 3.36. The number of carbonyl (C=O) groups excluding carboxylic acids is 1. The van der Waals surface area contributed by atoms with Crippen LogP contribution in [-0.2, 0) is 17.6 Å². The van der Waals surface area contributed by atoms with Crippen molar-refractivity contribution in [1.82, 2.24) is 5.32 Å². The average molecular weight is 286 g/mol. The van der Waals surface area contributed by atoms with Crippen molar-refractivity contribution < 1.29 is 4.79 Å². The molecule has 0 unspecified atom stereocenters. The number of carbonyl (C=O) groups is 1. The van der Waals surface area contributed by atoms with Gasteiger partial charge in [0.15, 0.2) is 0 Å².